The summed E-state index contributed by atoms with van der Waals surface area (Å²) in [5.74, 6) is 4.51. The van der Waals surface area contributed by atoms with Crippen molar-refractivity contribution < 1.29 is 58.6 Å². The van der Waals surface area contributed by atoms with Gasteiger partial charge < -0.3 is 55.3 Å². The van der Waals surface area contributed by atoms with Gasteiger partial charge >= 0.3 is 11.9 Å². The Labute approximate surface area is 292 Å². The van der Waals surface area contributed by atoms with Gasteiger partial charge in [0.1, 0.15) is 48.8 Å². The van der Waals surface area contributed by atoms with Crippen LogP contribution in [0.15, 0.2) is 66.9 Å². The second-order valence-electron chi connectivity index (χ2n) is 11.7. The number of carbonyl (C=O) groups is 4. The monoisotopic (exact) mass is 706 g/mol. The first-order chi connectivity index (χ1) is 24.4. The van der Waals surface area contributed by atoms with Crippen molar-refractivity contribution >= 4 is 29.4 Å². The fraction of sp³-hybridized carbons (Fsp3) is 0.343. The third-order valence-electron chi connectivity index (χ3n) is 7.50. The summed E-state index contributed by atoms with van der Waals surface area (Å²) in [6.45, 7) is -1.20. The number of aromatic nitrogens is 1. The van der Waals surface area contributed by atoms with Crippen molar-refractivity contribution in [2.45, 2.75) is 30.0 Å². The molecule has 0 radical (unpaired) electrons. The highest BCUT2D eigenvalue weighted by atomic mass is 16.6. The zero-order valence-corrected chi connectivity index (χ0v) is 27.6. The van der Waals surface area contributed by atoms with Gasteiger partial charge in [0.25, 0.3) is 11.8 Å². The number of hydrogen-bond donors (Lipinski definition) is 6. The minimum absolute atomic E-state index is 0.0583. The molecule has 2 aliphatic heterocycles. The number of likely N-dealkylation sites (N-methyl/N-ethyl adjacent to an activating group) is 1. The fourth-order valence-electron chi connectivity index (χ4n) is 4.39. The van der Waals surface area contributed by atoms with Gasteiger partial charge in [-0.1, -0.05) is 24.1 Å². The van der Waals surface area contributed by atoms with Gasteiger partial charge in [-0.25, -0.2) is 0 Å². The smallest absolute Gasteiger partial charge is 0.308 e. The summed E-state index contributed by atoms with van der Waals surface area (Å²) in [5, 5.41) is 36.5. The van der Waals surface area contributed by atoms with Gasteiger partial charge in [0.15, 0.2) is 0 Å². The summed E-state index contributed by atoms with van der Waals surface area (Å²) in [7, 11) is 1.56. The molecule has 3 heterocycles. The number of amides is 2. The zero-order chi connectivity index (χ0) is 37.0. The highest BCUT2D eigenvalue weighted by Crippen LogP contribution is 2.32. The number of benzene rings is 2. The number of nitrogens with two attached hydrogens (primary N) is 1. The van der Waals surface area contributed by atoms with Crippen LogP contribution in [0.3, 0.4) is 0 Å². The maximum absolute atomic E-state index is 13.3. The minimum Gasteiger partial charge on any atom is -0.489 e. The first kappa shape index (κ1) is 38.2. The maximum Gasteiger partial charge on any atom is 0.308 e. The molecule has 3 aromatic rings. The molecule has 16 heteroatoms. The van der Waals surface area contributed by atoms with E-state index in [-0.39, 0.29) is 38.4 Å². The molecule has 5 rings (SSSR count). The van der Waals surface area contributed by atoms with Gasteiger partial charge in [-0.05, 0) is 42.3 Å². The van der Waals surface area contributed by atoms with Gasteiger partial charge in [-0.3, -0.25) is 24.2 Å². The number of hydrogen-bond acceptors (Lipinski definition) is 13. The second kappa shape index (κ2) is 17.4. The Bertz CT molecular complexity index is 1760. The van der Waals surface area contributed by atoms with E-state index in [1.54, 1.807) is 43.4 Å². The molecule has 1 fully saturated rings. The quantitative estimate of drug-likeness (QED) is 0.116. The number of para-hydroxylation sites is 1. The summed E-state index contributed by atoms with van der Waals surface area (Å²) in [6, 6.07) is 16.2. The number of aliphatic hydroxyl groups is 3. The summed E-state index contributed by atoms with van der Waals surface area (Å²) in [5.41, 5.74) is 3.78. The average Bonchev–Trinajstić information content (AvgIpc) is 3.24. The predicted molar refractivity (Wildman–Crippen MR) is 179 cm³/mol. The van der Waals surface area contributed by atoms with E-state index in [0.29, 0.717) is 28.5 Å². The molecule has 0 unspecified atom stereocenters. The van der Waals surface area contributed by atoms with Crippen LogP contribution in [0.25, 0.3) is 0 Å². The van der Waals surface area contributed by atoms with E-state index in [0.717, 1.165) is 0 Å². The fourth-order valence-corrected chi connectivity index (χ4v) is 4.39. The van der Waals surface area contributed by atoms with Crippen LogP contribution in [-0.4, -0.2) is 113 Å². The number of anilines is 1. The molecule has 16 nitrogen and oxygen atoms in total. The lowest BCUT2D eigenvalue weighted by Gasteiger charge is -2.35. The average molecular weight is 707 g/mol. The molecule has 270 valence electrons. The minimum atomic E-state index is -1.21. The van der Waals surface area contributed by atoms with Crippen LogP contribution in [0.4, 0.5) is 5.69 Å². The number of nitrogens with zero attached hydrogens (tertiary/aromatic N) is 2. The summed E-state index contributed by atoms with van der Waals surface area (Å²) >= 11 is 0. The molecule has 0 aliphatic carbocycles. The Morgan fingerprint density at radius 1 is 1.04 bits per heavy atom. The first-order valence-electron chi connectivity index (χ1n) is 15.6. The largest absolute Gasteiger partial charge is 0.489 e. The van der Waals surface area contributed by atoms with Gasteiger partial charge in [-0.2, -0.15) is 0 Å². The highest BCUT2D eigenvalue weighted by molar-refractivity contribution is 6.03. The second-order valence-corrected chi connectivity index (χ2v) is 11.7. The van der Waals surface area contributed by atoms with Crippen LogP contribution in [0.2, 0.25) is 0 Å². The molecule has 0 bridgehead atoms. The van der Waals surface area contributed by atoms with Crippen LogP contribution < -0.4 is 25.4 Å². The molecule has 1 atom stereocenters. The normalized spacial score (nSPS) is 15.9. The molecule has 1 saturated heterocycles. The van der Waals surface area contributed by atoms with Crippen LogP contribution in [0.1, 0.15) is 28.9 Å². The molecular weight excluding hydrogens is 668 g/mol. The Morgan fingerprint density at radius 2 is 1.75 bits per heavy atom. The molecular formula is C35H38N4O12. The molecule has 1 aromatic heterocycles. The third kappa shape index (κ3) is 10.5. The Hall–Kier alpha value is -5.57. The van der Waals surface area contributed by atoms with Crippen LogP contribution in [-0.2, 0) is 23.9 Å². The number of rotatable bonds is 11. The van der Waals surface area contributed by atoms with E-state index < -0.39 is 60.8 Å². The molecule has 2 aromatic carbocycles. The summed E-state index contributed by atoms with van der Waals surface area (Å²) < 4.78 is 22.2. The van der Waals surface area contributed by atoms with Gasteiger partial charge in [0.05, 0.1) is 43.9 Å². The number of pyridine rings is 1. The Kier molecular flexibility index (Phi) is 13.0. The number of esters is 1. The first-order valence-corrected chi connectivity index (χ1v) is 15.6. The van der Waals surface area contributed by atoms with Gasteiger partial charge in [0.2, 0.25) is 5.60 Å². The predicted octanol–water partition coefficient (Wildman–Crippen LogP) is 0.217. The van der Waals surface area contributed by atoms with Crippen molar-refractivity contribution in [3.63, 3.8) is 0 Å². The van der Waals surface area contributed by atoms with Crippen LogP contribution >= 0.6 is 0 Å². The van der Waals surface area contributed by atoms with E-state index in [1.165, 1.54) is 17.2 Å². The lowest BCUT2D eigenvalue weighted by atomic mass is 10.0. The molecule has 7 N–H and O–H groups in total. The number of aliphatic hydroxyl groups excluding tert-OH is 3. The number of carbonyl (C=O) groups excluding carboxylic acids is 3. The highest BCUT2D eigenvalue weighted by Gasteiger charge is 2.41. The van der Waals surface area contributed by atoms with E-state index in [1.807, 2.05) is 18.2 Å². The van der Waals surface area contributed by atoms with Crippen molar-refractivity contribution in [1.29, 1.82) is 0 Å². The topological polar surface area (TPSA) is 240 Å². The number of carboxylic acid groups (broad SMARTS) is 1. The molecule has 2 amide bonds. The van der Waals surface area contributed by atoms with E-state index >= 15 is 0 Å². The van der Waals surface area contributed by atoms with Crippen molar-refractivity contribution in [2.24, 2.45) is 5.73 Å². The van der Waals surface area contributed by atoms with Gasteiger partial charge in [-0.15, -0.1) is 0 Å². The molecule has 0 saturated carbocycles. The molecule has 0 spiro atoms. The van der Waals surface area contributed by atoms with E-state index in [4.69, 9.17) is 45.1 Å². The van der Waals surface area contributed by atoms with Gasteiger partial charge in [0, 0.05) is 24.9 Å². The van der Waals surface area contributed by atoms with E-state index in [9.17, 15) is 19.2 Å². The zero-order valence-electron chi connectivity index (χ0n) is 27.6. The Morgan fingerprint density at radius 3 is 2.35 bits per heavy atom. The van der Waals surface area contributed by atoms with Crippen LogP contribution in [0, 0.1) is 11.8 Å². The Balaban J connectivity index is 0.000000652. The third-order valence-corrected chi connectivity index (χ3v) is 7.50. The summed E-state index contributed by atoms with van der Waals surface area (Å²) in [4.78, 5) is 54.6. The van der Waals surface area contributed by atoms with Crippen molar-refractivity contribution in [1.82, 2.24) is 10.3 Å². The van der Waals surface area contributed by atoms with Crippen molar-refractivity contribution in [3.05, 3.63) is 78.1 Å². The standard InChI is InChI=1S/C31H27N3O9.C4H11NO3/c1-34-25-15-20(11-13-31(18-40-19-31)43-28(37)10-9-27(35)36)7-8-26(25)41-17-24(30(34)39)33-29(38)23-16-22(12-14-32-23)42-21-5-3-2-4-6-21;5-4(1-6,2-7)3-8/h2-8,12,14-16,24H,9-10,17-19H2,1H3,(H,33,38)(H,35,36);6-8H,1-3,5H2/t24-;/m0./s1. The number of ether oxygens (including phenoxy) is 4. The van der Waals surface area contributed by atoms with Crippen LogP contribution in [0.5, 0.6) is 17.2 Å². The number of carboxylic acids is 1. The van der Waals surface area contributed by atoms with Crippen molar-refractivity contribution in [3.8, 4) is 29.1 Å². The molecule has 51 heavy (non-hydrogen) atoms. The van der Waals surface area contributed by atoms with Crippen molar-refractivity contribution in [2.75, 3.05) is 51.6 Å². The lowest BCUT2D eigenvalue weighted by Crippen LogP contribution is -2.52. The summed E-state index contributed by atoms with van der Waals surface area (Å²) in [6.07, 6.45) is 0.823. The lowest BCUT2D eigenvalue weighted by molar-refractivity contribution is -0.192. The molecule has 2 aliphatic rings. The SMILES string of the molecule is CN1C(=O)[C@@H](NC(=O)c2cc(Oc3ccccc3)ccn2)COc2ccc(C#CC3(OC(=O)CCC(=O)O)COC3)cc21.NC(CO)(CO)CO. The maximum atomic E-state index is 13.3. The van der Waals surface area contributed by atoms with E-state index in [2.05, 4.69) is 22.1 Å². The number of fused-ring (bicyclic) bond motifs is 1. The number of nitrogens with one attached hydrogen (secondary N) is 1. The number of aliphatic carboxylic acids is 1.